The lowest BCUT2D eigenvalue weighted by Gasteiger charge is -2.27. The SMILES string of the molecule is Cc1ccsc1C1=NNC(=C2N=C(c3ccc(C(=O)N(C)C)cc3)CN(C)C2=N)O1. The zero-order valence-electron chi connectivity index (χ0n) is 17.2. The Morgan fingerprint density at radius 3 is 2.63 bits per heavy atom. The molecular formula is C21H22N6O2S. The van der Waals surface area contributed by atoms with Crippen LogP contribution in [0.3, 0.4) is 0 Å². The minimum Gasteiger partial charge on any atom is -0.416 e. The quantitative estimate of drug-likeness (QED) is 0.795. The van der Waals surface area contributed by atoms with Crippen LogP contribution in [0, 0.1) is 12.3 Å². The van der Waals surface area contributed by atoms with Crippen molar-refractivity contribution in [2.24, 2.45) is 10.1 Å². The fraction of sp³-hybridized carbons (Fsp3) is 0.238. The van der Waals surface area contributed by atoms with E-state index in [0.717, 1.165) is 21.7 Å². The lowest BCUT2D eigenvalue weighted by atomic mass is 10.0. The number of carbonyl (C=O) groups is 1. The summed E-state index contributed by atoms with van der Waals surface area (Å²) in [6.07, 6.45) is 0. The van der Waals surface area contributed by atoms with Crippen LogP contribution < -0.4 is 5.43 Å². The van der Waals surface area contributed by atoms with Crippen molar-refractivity contribution in [1.29, 1.82) is 5.41 Å². The molecule has 0 bridgehead atoms. The summed E-state index contributed by atoms with van der Waals surface area (Å²) in [5, 5.41) is 14.7. The molecule has 154 valence electrons. The molecular weight excluding hydrogens is 400 g/mol. The van der Waals surface area contributed by atoms with Crippen molar-refractivity contribution in [3.8, 4) is 0 Å². The van der Waals surface area contributed by atoms with Gasteiger partial charge >= 0.3 is 0 Å². The summed E-state index contributed by atoms with van der Waals surface area (Å²) >= 11 is 1.55. The first-order valence-electron chi connectivity index (χ1n) is 9.35. The number of benzene rings is 1. The van der Waals surface area contributed by atoms with E-state index in [9.17, 15) is 4.79 Å². The van der Waals surface area contributed by atoms with E-state index in [1.165, 1.54) is 0 Å². The second-order valence-electron chi connectivity index (χ2n) is 7.28. The van der Waals surface area contributed by atoms with Gasteiger partial charge < -0.3 is 14.5 Å². The highest BCUT2D eigenvalue weighted by Crippen LogP contribution is 2.25. The number of hydrogen-bond donors (Lipinski definition) is 2. The third-order valence-electron chi connectivity index (χ3n) is 4.84. The van der Waals surface area contributed by atoms with E-state index in [1.54, 1.807) is 47.4 Å². The number of rotatable bonds is 3. The van der Waals surface area contributed by atoms with Crippen LogP contribution in [0.25, 0.3) is 0 Å². The summed E-state index contributed by atoms with van der Waals surface area (Å²) in [4.78, 5) is 21.1. The number of nitrogens with one attached hydrogen (secondary N) is 2. The second kappa shape index (κ2) is 7.75. The molecule has 0 saturated heterocycles. The molecule has 0 saturated carbocycles. The number of ether oxygens (including phenoxy) is 1. The monoisotopic (exact) mass is 422 g/mol. The highest BCUT2D eigenvalue weighted by atomic mass is 32.1. The third kappa shape index (κ3) is 3.59. The maximum absolute atomic E-state index is 12.1. The van der Waals surface area contributed by atoms with Crippen LogP contribution in [0.1, 0.15) is 26.4 Å². The Balaban J connectivity index is 1.64. The van der Waals surface area contributed by atoms with Gasteiger partial charge in [0.2, 0.25) is 5.88 Å². The molecule has 1 aromatic carbocycles. The van der Waals surface area contributed by atoms with Crippen LogP contribution in [0.15, 0.2) is 57.4 Å². The van der Waals surface area contributed by atoms with Crippen molar-refractivity contribution in [3.63, 3.8) is 0 Å². The second-order valence-corrected chi connectivity index (χ2v) is 8.20. The highest BCUT2D eigenvalue weighted by Gasteiger charge is 2.28. The summed E-state index contributed by atoms with van der Waals surface area (Å²) in [5.74, 6) is 1.02. The van der Waals surface area contributed by atoms with Gasteiger partial charge in [0.05, 0.1) is 17.1 Å². The lowest BCUT2D eigenvalue weighted by Crippen LogP contribution is -2.38. The van der Waals surface area contributed by atoms with E-state index in [-0.39, 0.29) is 11.7 Å². The number of likely N-dealkylation sites (N-methyl/N-ethyl adjacent to an activating group) is 1. The van der Waals surface area contributed by atoms with Gasteiger partial charge in [-0.15, -0.1) is 16.4 Å². The number of amidine groups is 1. The van der Waals surface area contributed by atoms with Gasteiger partial charge in [0.15, 0.2) is 11.5 Å². The maximum Gasteiger partial charge on any atom is 0.255 e. The van der Waals surface area contributed by atoms with Crippen molar-refractivity contribution in [1.82, 2.24) is 15.2 Å². The van der Waals surface area contributed by atoms with Gasteiger partial charge in [-0.2, -0.15) is 0 Å². The molecule has 2 aliphatic rings. The smallest absolute Gasteiger partial charge is 0.255 e. The van der Waals surface area contributed by atoms with Gasteiger partial charge in [0.1, 0.15) is 0 Å². The molecule has 0 unspecified atom stereocenters. The number of thiophene rings is 1. The zero-order chi connectivity index (χ0) is 21.4. The Labute approximate surface area is 178 Å². The van der Waals surface area contributed by atoms with Crippen LogP contribution in [0.4, 0.5) is 0 Å². The number of hydrazone groups is 1. The molecule has 0 aliphatic carbocycles. The zero-order valence-corrected chi connectivity index (χ0v) is 18.0. The first kappa shape index (κ1) is 19.8. The van der Waals surface area contributed by atoms with E-state index < -0.39 is 0 Å². The topological polar surface area (TPSA) is 93.4 Å². The molecule has 2 aromatic rings. The number of nitrogens with zero attached hydrogens (tertiary/aromatic N) is 4. The van der Waals surface area contributed by atoms with Crippen LogP contribution in [-0.4, -0.2) is 60.8 Å². The van der Waals surface area contributed by atoms with Crippen molar-refractivity contribution in [2.75, 3.05) is 27.7 Å². The number of hydrogen-bond acceptors (Lipinski definition) is 7. The Morgan fingerprint density at radius 2 is 2.00 bits per heavy atom. The predicted molar refractivity (Wildman–Crippen MR) is 118 cm³/mol. The van der Waals surface area contributed by atoms with Gasteiger partial charge in [-0.1, -0.05) is 12.1 Å². The lowest BCUT2D eigenvalue weighted by molar-refractivity contribution is 0.0827. The van der Waals surface area contributed by atoms with E-state index in [1.807, 2.05) is 37.6 Å². The summed E-state index contributed by atoms with van der Waals surface area (Å²) in [6, 6.07) is 9.34. The van der Waals surface area contributed by atoms with Crippen LogP contribution in [-0.2, 0) is 4.74 Å². The molecule has 8 nitrogen and oxygen atoms in total. The normalized spacial score (nSPS) is 18.5. The molecule has 4 rings (SSSR count). The summed E-state index contributed by atoms with van der Waals surface area (Å²) in [7, 11) is 5.29. The molecule has 0 atom stereocenters. The van der Waals surface area contributed by atoms with Gasteiger partial charge in [-0.25, -0.2) is 10.4 Å². The Bertz CT molecular complexity index is 1110. The molecule has 3 heterocycles. The van der Waals surface area contributed by atoms with E-state index in [2.05, 4.69) is 10.5 Å². The van der Waals surface area contributed by atoms with Crippen molar-refractivity contribution in [2.45, 2.75) is 6.92 Å². The van der Waals surface area contributed by atoms with Gasteiger partial charge in [-0.05, 0) is 41.6 Å². The minimum absolute atomic E-state index is 0.0501. The first-order chi connectivity index (χ1) is 14.3. The summed E-state index contributed by atoms with van der Waals surface area (Å²) in [5.41, 5.74) is 6.63. The molecule has 0 radical (unpaired) electrons. The van der Waals surface area contributed by atoms with E-state index in [4.69, 9.17) is 15.1 Å². The van der Waals surface area contributed by atoms with Gasteiger partial charge in [0, 0.05) is 26.7 Å². The molecule has 0 spiro atoms. The average molecular weight is 423 g/mol. The number of aliphatic imine (C=N–C) groups is 1. The van der Waals surface area contributed by atoms with Gasteiger partial charge in [0.25, 0.3) is 11.8 Å². The number of amides is 1. The highest BCUT2D eigenvalue weighted by molar-refractivity contribution is 7.12. The van der Waals surface area contributed by atoms with Gasteiger partial charge in [-0.3, -0.25) is 10.2 Å². The standard InChI is InChI=1S/C21H22N6O2S/c1-12-9-10-30-17(12)20-25-24-19(29-20)16-18(22)27(4)11-15(23-16)13-5-7-14(8-6-13)21(28)26(2)3/h5-10,22,24H,11H2,1-4H3. The first-order valence-corrected chi connectivity index (χ1v) is 10.2. The third-order valence-corrected chi connectivity index (χ3v) is 5.84. The summed E-state index contributed by atoms with van der Waals surface area (Å²) in [6.45, 7) is 2.48. The molecule has 30 heavy (non-hydrogen) atoms. The Kier molecular flexibility index (Phi) is 5.13. The summed E-state index contributed by atoms with van der Waals surface area (Å²) < 4.78 is 5.91. The van der Waals surface area contributed by atoms with Crippen LogP contribution >= 0.6 is 11.3 Å². The molecule has 2 aliphatic heterocycles. The van der Waals surface area contributed by atoms with Crippen LogP contribution in [0.5, 0.6) is 0 Å². The van der Waals surface area contributed by atoms with Crippen molar-refractivity contribution < 1.29 is 9.53 Å². The maximum atomic E-state index is 12.1. The Hall–Kier alpha value is -3.46. The van der Waals surface area contributed by atoms with E-state index in [0.29, 0.717) is 29.6 Å². The molecule has 2 N–H and O–H groups in total. The molecule has 1 aromatic heterocycles. The fourth-order valence-electron chi connectivity index (χ4n) is 3.12. The average Bonchev–Trinajstić information content (AvgIpc) is 3.38. The molecule has 9 heteroatoms. The molecule has 0 fully saturated rings. The van der Waals surface area contributed by atoms with Crippen molar-refractivity contribution >= 4 is 34.7 Å². The molecule has 1 amide bonds. The van der Waals surface area contributed by atoms with Crippen LogP contribution in [0.2, 0.25) is 0 Å². The predicted octanol–water partition coefficient (Wildman–Crippen LogP) is 2.62. The minimum atomic E-state index is -0.0501. The number of aryl methyl sites for hydroxylation is 1. The number of carbonyl (C=O) groups excluding carboxylic acids is 1. The largest absolute Gasteiger partial charge is 0.416 e. The Morgan fingerprint density at radius 1 is 1.27 bits per heavy atom. The fourth-order valence-corrected chi connectivity index (χ4v) is 3.97. The van der Waals surface area contributed by atoms with Crippen molar-refractivity contribution in [3.05, 3.63) is 68.9 Å². The van der Waals surface area contributed by atoms with E-state index >= 15 is 0 Å².